The standard InChI is InChI=1S/C16H14F2N2O3/c17-10-2-3-13(18)12(5-10)14-6-11(21)8-20(14)16(23)9-1-4-15(22)19-7-9/h1-5,7,11,14,21H,6,8H2,(H,19,22)/t11-,14-/m1/s1. The van der Waals surface area contributed by atoms with Crippen molar-refractivity contribution in [2.75, 3.05) is 6.54 Å². The first-order chi connectivity index (χ1) is 11.0. The Hall–Kier alpha value is -2.54. The third-order valence-electron chi connectivity index (χ3n) is 3.89. The number of hydrogen-bond donors (Lipinski definition) is 2. The summed E-state index contributed by atoms with van der Waals surface area (Å²) in [4.78, 5) is 27.3. The van der Waals surface area contributed by atoms with Crippen molar-refractivity contribution in [3.63, 3.8) is 0 Å². The number of hydrogen-bond acceptors (Lipinski definition) is 3. The van der Waals surface area contributed by atoms with E-state index in [1.54, 1.807) is 0 Å². The zero-order valence-electron chi connectivity index (χ0n) is 12.0. The van der Waals surface area contributed by atoms with Gasteiger partial charge >= 0.3 is 0 Å². The number of rotatable bonds is 2. The molecule has 0 bridgehead atoms. The van der Waals surface area contributed by atoms with E-state index in [-0.39, 0.29) is 29.7 Å². The minimum atomic E-state index is -0.825. The molecule has 5 nitrogen and oxygen atoms in total. The second-order valence-corrected chi connectivity index (χ2v) is 5.47. The number of aromatic amines is 1. The molecule has 1 aromatic heterocycles. The van der Waals surface area contributed by atoms with Gasteiger partial charge < -0.3 is 15.0 Å². The molecular weight excluding hydrogens is 306 g/mol. The topological polar surface area (TPSA) is 73.4 Å². The van der Waals surface area contributed by atoms with E-state index in [9.17, 15) is 23.5 Å². The van der Waals surface area contributed by atoms with Crippen molar-refractivity contribution in [1.29, 1.82) is 0 Å². The maximum absolute atomic E-state index is 14.0. The lowest BCUT2D eigenvalue weighted by molar-refractivity contribution is 0.0713. The number of likely N-dealkylation sites (tertiary alicyclic amines) is 1. The van der Waals surface area contributed by atoms with E-state index in [4.69, 9.17) is 0 Å². The SMILES string of the molecule is O=C(c1ccc(=O)[nH]c1)N1C[C@H](O)C[C@@H]1c1cc(F)ccc1F. The fraction of sp³-hybridized carbons (Fsp3) is 0.250. The highest BCUT2D eigenvalue weighted by atomic mass is 19.1. The Bertz CT molecular complexity index is 786. The quantitative estimate of drug-likeness (QED) is 0.883. The first-order valence-electron chi connectivity index (χ1n) is 7.08. The van der Waals surface area contributed by atoms with Gasteiger partial charge in [0, 0.05) is 24.4 Å². The van der Waals surface area contributed by atoms with Gasteiger partial charge in [-0.2, -0.15) is 0 Å². The Labute approximate surface area is 130 Å². The summed E-state index contributed by atoms with van der Waals surface area (Å²) in [6, 6.07) is 4.82. The number of aliphatic hydroxyl groups excluding tert-OH is 1. The van der Waals surface area contributed by atoms with Gasteiger partial charge in [-0.15, -0.1) is 0 Å². The number of carbonyl (C=O) groups is 1. The summed E-state index contributed by atoms with van der Waals surface area (Å²) in [5.74, 6) is -1.71. The smallest absolute Gasteiger partial charge is 0.255 e. The van der Waals surface area contributed by atoms with E-state index in [0.717, 1.165) is 18.2 Å². The van der Waals surface area contributed by atoms with Crippen molar-refractivity contribution in [1.82, 2.24) is 9.88 Å². The van der Waals surface area contributed by atoms with Crippen LogP contribution in [0.1, 0.15) is 28.4 Å². The lowest BCUT2D eigenvalue weighted by atomic mass is 10.0. The van der Waals surface area contributed by atoms with Crippen LogP contribution in [-0.2, 0) is 0 Å². The van der Waals surface area contributed by atoms with Crippen LogP contribution in [-0.4, -0.2) is 33.5 Å². The van der Waals surface area contributed by atoms with Gasteiger partial charge in [-0.3, -0.25) is 9.59 Å². The Morgan fingerprint density at radius 2 is 2.04 bits per heavy atom. The molecule has 1 amide bonds. The van der Waals surface area contributed by atoms with Crippen molar-refractivity contribution >= 4 is 5.91 Å². The molecule has 0 aliphatic carbocycles. The molecule has 23 heavy (non-hydrogen) atoms. The molecule has 0 spiro atoms. The number of H-pyrrole nitrogens is 1. The van der Waals surface area contributed by atoms with Crippen LogP contribution in [0.25, 0.3) is 0 Å². The maximum atomic E-state index is 14.0. The molecule has 0 unspecified atom stereocenters. The molecule has 2 aromatic rings. The molecule has 2 N–H and O–H groups in total. The number of halogens is 2. The molecule has 1 aliphatic heterocycles. The molecular formula is C16H14F2N2O3. The lowest BCUT2D eigenvalue weighted by Crippen LogP contribution is -2.32. The summed E-state index contributed by atoms with van der Waals surface area (Å²) in [6.45, 7) is 0.0125. The zero-order chi connectivity index (χ0) is 16.6. The van der Waals surface area contributed by atoms with Crippen LogP contribution in [0, 0.1) is 11.6 Å². The molecule has 1 aromatic carbocycles. The van der Waals surface area contributed by atoms with Gasteiger partial charge in [0.25, 0.3) is 5.91 Å². The highest BCUT2D eigenvalue weighted by molar-refractivity contribution is 5.94. The molecule has 0 saturated carbocycles. The lowest BCUT2D eigenvalue weighted by Gasteiger charge is -2.25. The van der Waals surface area contributed by atoms with Crippen LogP contribution in [0.4, 0.5) is 8.78 Å². The van der Waals surface area contributed by atoms with Gasteiger partial charge in [0.1, 0.15) is 11.6 Å². The third kappa shape index (κ3) is 3.00. The minimum absolute atomic E-state index is 0.0125. The van der Waals surface area contributed by atoms with Crippen molar-refractivity contribution in [2.45, 2.75) is 18.6 Å². The average Bonchev–Trinajstić information content (AvgIpc) is 2.91. The van der Waals surface area contributed by atoms with Crippen molar-refractivity contribution < 1.29 is 18.7 Å². The normalized spacial score (nSPS) is 20.7. The van der Waals surface area contributed by atoms with Crippen LogP contribution >= 0.6 is 0 Å². The monoisotopic (exact) mass is 320 g/mol. The van der Waals surface area contributed by atoms with Gasteiger partial charge in [0.15, 0.2) is 0 Å². The van der Waals surface area contributed by atoms with Crippen LogP contribution in [0.15, 0.2) is 41.3 Å². The first kappa shape index (κ1) is 15.4. The molecule has 120 valence electrons. The Morgan fingerprint density at radius 3 is 2.74 bits per heavy atom. The Morgan fingerprint density at radius 1 is 1.26 bits per heavy atom. The third-order valence-corrected chi connectivity index (χ3v) is 3.89. The largest absolute Gasteiger partial charge is 0.391 e. The summed E-state index contributed by atoms with van der Waals surface area (Å²) in [5, 5.41) is 9.86. The van der Waals surface area contributed by atoms with E-state index < -0.39 is 29.7 Å². The van der Waals surface area contributed by atoms with E-state index in [1.165, 1.54) is 23.2 Å². The summed E-state index contributed by atoms with van der Waals surface area (Å²) in [6.07, 6.45) is 0.554. The van der Waals surface area contributed by atoms with Gasteiger partial charge in [0.05, 0.1) is 17.7 Å². The summed E-state index contributed by atoms with van der Waals surface area (Å²) in [5.41, 5.74) is -0.115. The van der Waals surface area contributed by atoms with E-state index in [2.05, 4.69) is 4.98 Å². The fourth-order valence-electron chi connectivity index (χ4n) is 2.81. The van der Waals surface area contributed by atoms with Crippen LogP contribution in [0.3, 0.4) is 0 Å². The number of nitrogens with zero attached hydrogens (tertiary/aromatic N) is 1. The second kappa shape index (κ2) is 5.92. The second-order valence-electron chi connectivity index (χ2n) is 5.47. The van der Waals surface area contributed by atoms with Crippen LogP contribution in [0.2, 0.25) is 0 Å². The van der Waals surface area contributed by atoms with Crippen LogP contribution < -0.4 is 5.56 Å². The number of aromatic nitrogens is 1. The molecule has 1 fully saturated rings. The molecule has 1 saturated heterocycles. The average molecular weight is 320 g/mol. The van der Waals surface area contributed by atoms with Crippen LogP contribution in [0.5, 0.6) is 0 Å². The number of benzene rings is 1. The van der Waals surface area contributed by atoms with Crippen molar-refractivity contribution in [3.05, 3.63) is 69.6 Å². The molecule has 1 aliphatic rings. The van der Waals surface area contributed by atoms with E-state index in [1.807, 2.05) is 0 Å². The summed E-state index contributed by atoms with van der Waals surface area (Å²) >= 11 is 0. The number of nitrogens with one attached hydrogen (secondary N) is 1. The van der Waals surface area contributed by atoms with Crippen molar-refractivity contribution in [2.24, 2.45) is 0 Å². The molecule has 0 radical (unpaired) electrons. The van der Waals surface area contributed by atoms with Crippen molar-refractivity contribution in [3.8, 4) is 0 Å². The Kier molecular flexibility index (Phi) is 3.96. The first-order valence-corrected chi connectivity index (χ1v) is 7.08. The van der Waals surface area contributed by atoms with E-state index in [0.29, 0.717) is 0 Å². The highest BCUT2D eigenvalue weighted by Gasteiger charge is 2.37. The minimum Gasteiger partial charge on any atom is -0.391 e. The summed E-state index contributed by atoms with van der Waals surface area (Å²) in [7, 11) is 0. The Balaban J connectivity index is 1.96. The highest BCUT2D eigenvalue weighted by Crippen LogP contribution is 2.34. The predicted molar refractivity (Wildman–Crippen MR) is 77.8 cm³/mol. The van der Waals surface area contributed by atoms with Gasteiger partial charge in [-0.25, -0.2) is 8.78 Å². The molecule has 3 rings (SSSR count). The number of carbonyl (C=O) groups excluding carboxylic acids is 1. The van der Waals surface area contributed by atoms with Gasteiger partial charge in [0.2, 0.25) is 5.56 Å². The fourth-order valence-corrected chi connectivity index (χ4v) is 2.81. The molecule has 2 heterocycles. The predicted octanol–water partition coefficient (Wildman–Crippen LogP) is 1.60. The summed E-state index contributed by atoms with van der Waals surface area (Å²) < 4.78 is 27.4. The zero-order valence-corrected chi connectivity index (χ0v) is 12.0. The number of aliphatic hydroxyl groups is 1. The van der Waals surface area contributed by atoms with E-state index >= 15 is 0 Å². The van der Waals surface area contributed by atoms with Gasteiger partial charge in [-0.1, -0.05) is 0 Å². The molecule has 7 heteroatoms. The van der Waals surface area contributed by atoms with Gasteiger partial charge in [-0.05, 0) is 30.7 Å². The molecule has 2 atom stereocenters. The number of β-amino-alcohol motifs (C(OH)–C–C–N with tert-alkyl or cyclic N) is 1. The number of pyridine rings is 1. The number of amides is 1. The maximum Gasteiger partial charge on any atom is 0.255 e.